The molecule has 1 amide bonds. The second kappa shape index (κ2) is 4.98. The summed E-state index contributed by atoms with van der Waals surface area (Å²) >= 11 is 11.7. The van der Waals surface area contributed by atoms with E-state index in [-0.39, 0.29) is 17.0 Å². The van der Waals surface area contributed by atoms with Crippen molar-refractivity contribution in [3.63, 3.8) is 0 Å². The van der Waals surface area contributed by atoms with Gasteiger partial charge in [-0.15, -0.1) is 0 Å². The predicted molar refractivity (Wildman–Crippen MR) is 70.5 cm³/mol. The third kappa shape index (κ3) is 2.73. The highest BCUT2D eigenvalue weighted by molar-refractivity contribution is 6.43. The monoisotopic (exact) mass is 270 g/mol. The molecule has 0 fully saturated rings. The normalized spacial score (nSPS) is 15.2. The Morgan fingerprint density at radius 1 is 1.29 bits per heavy atom. The molecule has 1 aromatic carbocycles. The molecule has 0 saturated carbocycles. The summed E-state index contributed by atoms with van der Waals surface area (Å²) in [6.45, 7) is 0. The minimum absolute atomic E-state index is 0.165. The maximum Gasteiger partial charge on any atom is 0.251 e. The van der Waals surface area contributed by atoms with Gasteiger partial charge in [-0.05, 0) is 25.0 Å². The number of benzene rings is 1. The van der Waals surface area contributed by atoms with Crippen LogP contribution in [0.5, 0.6) is 0 Å². The Balaban J connectivity index is 2.13. The van der Waals surface area contributed by atoms with E-state index in [9.17, 15) is 4.79 Å². The lowest BCUT2D eigenvalue weighted by Gasteiger charge is -2.13. The Hall–Kier alpha value is -1.19. The van der Waals surface area contributed by atoms with E-state index in [1.165, 1.54) is 12.1 Å². The molecule has 0 aromatic heterocycles. The second-order valence-electron chi connectivity index (χ2n) is 3.97. The molecule has 0 atom stereocenters. The van der Waals surface area contributed by atoms with Crippen molar-refractivity contribution in [2.45, 2.75) is 18.9 Å². The predicted octanol–water partition coefficient (Wildman–Crippen LogP) is 3.02. The summed E-state index contributed by atoms with van der Waals surface area (Å²) in [6, 6.07) is 3.22. The average molecular weight is 271 g/mol. The molecule has 1 aliphatic rings. The molecule has 0 radical (unpaired) electrons. The Kier molecular flexibility index (Phi) is 3.60. The van der Waals surface area contributed by atoms with Gasteiger partial charge >= 0.3 is 0 Å². The first kappa shape index (κ1) is 12.3. The third-order valence-electron chi connectivity index (χ3n) is 2.66. The summed E-state index contributed by atoms with van der Waals surface area (Å²) in [5.74, 6) is -0.177. The number of carbonyl (C=O) groups is 1. The number of carbonyl (C=O) groups excluding carboxylic acids is 1. The lowest BCUT2D eigenvalue weighted by Crippen LogP contribution is -2.32. The van der Waals surface area contributed by atoms with E-state index in [0.29, 0.717) is 16.3 Å². The van der Waals surface area contributed by atoms with Gasteiger partial charge in [0.15, 0.2) is 0 Å². The number of hydrogen-bond acceptors (Lipinski definition) is 2. The van der Waals surface area contributed by atoms with Gasteiger partial charge in [0.1, 0.15) is 0 Å². The number of amides is 1. The van der Waals surface area contributed by atoms with Crippen LogP contribution in [0.15, 0.2) is 24.3 Å². The molecule has 1 aliphatic carbocycles. The van der Waals surface area contributed by atoms with Crippen molar-refractivity contribution < 1.29 is 4.79 Å². The number of hydrogen-bond donors (Lipinski definition) is 2. The van der Waals surface area contributed by atoms with Crippen LogP contribution < -0.4 is 11.1 Å². The van der Waals surface area contributed by atoms with Crippen LogP contribution in [0.4, 0.5) is 5.69 Å². The second-order valence-corrected chi connectivity index (χ2v) is 4.76. The molecule has 0 unspecified atom stereocenters. The molecule has 0 heterocycles. The Labute approximate surface area is 110 Å². The zero-order valence-corrected chi connectivity index (χ0v) is 10.6. The van der Waals surface area contributed by atoms with Gasteiger partial charge in [-0.25, -0.2) is 0 Å². The number of nitrogen functional groups attached to an aromatic ring is 1. The van der Waals surface area contributed by atoms with Gasteiger partial charge < -0.3 is 11.1 Å². The van der Waals surface area contributed by atoms with E-state index >= 15 is 0 Å². The first-order valence-electron chi connectivity index (χ1n) is 5.28. The average Bonchev–Trinajstić information content (AvgIpc) is 2.77. The summed E-state index contributed by atoms with van der Waals surface area (Å²) in [4.78, 5) is 11.9. The van der Waals surface area contributed by atoms with Crippen molar-refractivity contribution in [1.29, 1.82) is 0 Å². The van der Waals surface area contributed by atoms with Crippen LogP contribution in [0.3, 0.4) is 0 Å². The van der Waals surface area contributed by atoms with Crippen molar-refractivity contribution in [1.82, 2.24) is 5.32 Å². The summed E-state index contributed by atoms with van der Waals surface area (Å²) in [5.41, 5.74) is 6.41. The summed E-state index contributed by atoms with van der Waals surface area (Å²) in [6.07, 6.45) is 5.83. The first-order valence-corrected chi connectivity index (χ1v) is 6.04. The molecule has 3 nitrogen and oxygen atoms in total. The van der Waals surface area contributed by atoms with Crippen LogP contribution in [-0.4, -0.2) is 11.9 Å². The van der Waals surface area contributed by atoms with E-state index in [1.54, 1.807) is 0 Å². The van der Waals surface area contributed by atoms with E-state index in [2.05, 4.69) is 5.32 Å². The van der Waals surface area contributed by atoms with Crippen LogP contribution in [0.25, 0.3) is 0 Å². The summed E-state index contributed by atoms with van der Waals surface area (Å²) < 4.78 is 0. The van der Waals surface area contributed by atoms with Crippen LogP contribution in [0.1, 0.15) is 23.2 Å². The quantitative estimate of drug-likeness (QED) is 0.641. The highest BCUT2D eigenvalue weighted by Gasteiger charge is 2.16. The lowest BCUT2D eigenvalue weighted by molar-refractivity contribution is 0.0939. The standard InChI is InChI=1S/C12H12Cl2N2O/c13-9-5-7(6-10(15)11(9)14)12(17)16-8-3-1-2-4-8/h1-2,5-6,8H,3-4,15H2,(H,16,17). The van der Waals surface area contributed by atoms with E-state index in [4.69, 9.17) is 28.9 Å². The molecule has 0 bridgehead atoms. The van der Waals surface area contributed by atoms with Crippen LogP contribution >= 0.6 is 23.2 Å². The molecule has 3 N–H and O–H groups in total. The van der Waals surface area contributed by atoms with E-state index in [0.717, 1.165) is 12.8 Å². The summed E-state index contributed by atoms with van der Waals surface area (Å²) in [5, 5.41) is 3.49. The van der Waals surface area contributed by atoms with Gasteiger partial charge in [-0.2, -0.15) is 0 Å². The molecular formula is C12H12Cl2N2O. The van der Waals surface area contributed by atoms with Crippen LogP contribution in [0, 0.1) is 0 Å². The van der Waals surface area contributed by atoms with Crippen molar-refractivity contribution in [3.8, 4) is 0 Å². The number of halogens is 2. The van der Waals surface area contributed by atoms with Crippen molar-refractivity contribution in [3.05, 3.63) is 39.9 Å². The molecular weight excluding hydrogens is 259 g/mol. The molecule has 0 spiro atoms. The molecule has 1 aromatic rings. The Morgan fingerprint density at radius 3 is 2.53 bits per heavy atom. The molecule has 17 heavy (non-hydrogen) atoms. The number of nitrogens with two attached hydrogens (primary N) is 1. The van der Waals surface area contributed by atoms with Crippen molar-refractivity contribution in [2.24, 2.45) is 0 Å². The fraction of sp³-hybridized carbons (Fsp3) is 0.250. The van der Waals surface area contributed by atoms with Gasteiger partial charge in [0.2, 0.25) is 0 Å². The number of nitrogens with one attached hydrogen (secondary N) is 1. The number of anilines is 1. The van der Waals surface area contributed by atoms with Crippen molar-refractivity contribution in [2.75, 3.05) is 5.73 Å². The molecule has 2 rings (SSSR count). The van der Waals surface area contributed by atoms with Gasteiger partial charge in [0.05, 0.1) is 15.7 Å². The van der Waals surface area contributed by atoms with Gasteiger partial charge in [-0.3, -0.25) is 4.79 Å². The highest BCUT2D eigenvalue weighted by atomic mass is 35.5. The zero-order valence-electron chi connectivity index (χ0n) is 9.04. The maximum atomic E-state index is 11.9. The molecule has 0 saturated heterocycles. The minimum Gasteiger partial charge on any atom is -0.397 e. The SMILES string of the molecule is Nc1cc(C(=O)NC2CC=CC2)cc(Cl)c1Cl. The van der Waals surface area contributed by atoms with Crippen molar-refractivity contribution >= 4 is 34.8 Å². The zero-order chi connectivity index (χ0) is 12.4. The first-order chi connectivity index (χ1) is 8.08. The van der Waals surface area contributed by atoms with Crippen LogP contribution in [0.2, 0.25) is 10.0 Å². The minimum atomic E-state index is -0.177. The third-order valence-corrected chi connectivity index (χ3v) is 3.48. The molecule has 5 heteroatoms. The largest absolute Gasteiger partial charge is 0.397 e. The fourth-order valence-corrected chi connectivity index (χ4v) is 2.08. The van der Waals surface area contributed by atoms with Crippen LogP contribution in [-0.2, 0) is 0 Å². The fourth-order valence-electron chi connectivity index (χ4n) is 1.75. The Morgan fingerprint density at radius 2 is 1.94 bits per heavy atom. The number of rotatable bonds is 2. The smallest absolute Gasteiger partial charge is 0.251 e. The molecule has 0 aliphatic heterocycles. The lowest BCUT2D eigenvalue weighted by atomic mass is 10.1. The Bertz CT molecular complexity index is 454. The summed E-state index contributed by atoms with van der Waals surface area (Å²) in [7, 11) is 0. The molecule has 90 valence electrons. The highest BCUT2D eigenvalue weighted by Crippen LogP contribution is 2.29. The van der Waals surface area contributed by atoms with Gasteiger partial charge in [0.25, 0.3) is 5.91 Å². The van der Waals surface area contributed by atoms with Gasteiger partial charge in [0, 0.05) is 11.6 Å². The van der Waals surface area contributed by atoms with Gasteiger partial charge in [-0.1, -0.05) is 35.4 Å². The van der Waals surface area contributed by atoms with E-state index in [1.807, 2.05) is 12.2 Å². The van der Waals surface area contributed by atoms with E-state index < -0.39 is 0 Å². The topological polar surface area (TPSA) is 55.1 Å². The maximum absolute atomic E-state index is 11.9.